The monoisotopic (exact) mass is 403 g/mol. The molecule has 0 aromatic heterocycles. The van der Waals surface area contributed by atoms with Crippen molar-refractivity contribution in [1.82, 2.24) is 5.32 Å². The van der Waals surface area contributed by atoms with E-state index in [9.17, 15) is 18.4 Å². The first kappa shape index (κ1) is 22.1. The molecule has 7 heteroatoms. The second kappa shape index (κ2) is 11.6. The van der Waals surface area contributed by atoms with Crippen LogP contribution in [0.2, 0.25) is 0 Å². The molecule has 0 aliphatic carbocycles. The molecule has 0 aliphatic rings. The van der Waals surface area contributed by atoms with Gasteiger partial charge in [0.25, 0.3) is 5.91 Å². The van der Waals surface area contributed by atoms with Gasteiger partial charge in [-0.3, -0.25) is 4.79 Å². The van der Waals surface area contributed by atoms with Crippen LogP contribution in [0.3, 0.4) is 0 Å². The summed E-state index contributed by atoms with van der Waals surface area (Å²) in [7, 11) is 0. The number of ether oxygens (including phenoxy) is 2. The van der Waals surface area contributed by atoms with Gasteiger partial charge in [0, 0.05) is 6.08 Å². The molecule has 0 bridgehead atoms. The molecule has 0 saturated heterocycles. The standard InChI is InChI=1S/C22H23F2NO4/c1-2-6-19(17-7-4-3-5-8-17)25-20(26)15-28-21(27)14-11-16-9-12-18(13-10-16)29-22(23)24/h3-5,7-14,19,22H,2,6,15H2,1H3,(H,25,26)/b14-11+/t19-/m1/s1. The van der Waals surface area contributed by atoms with Crippen LogP contribution in [0.15, 0.2) is 60.7 Å². The first-order valence-electron chi connectivity index (χ1n) is 9.22. The lowest BCUT2D eigenvalue weighted by molar-refractivity contribution is -0.144. The van der Waals surface area contributed by atoms with Gasteiger partial charge in [-0.1, -0.05) is 55.8 Å². The average Bonchev–Trinajstić information content (AvgIpc) is 2.71. The number of carbonyl (C=O) groups excluding carboxylic acids is 2. The summed E-state index contributed by atoms with van der Waals surface area (Å²) in [6, 6.07) is 15.2. The first-order valence-corrected chi connectivity index (χ1v) is 9.22. The summed E-state index contributed by atoms with van der Waals surface area (Å²) in [6.45, 7) is -1.26. The van der Waals surface area contributed by atoms with E-state index < -0.39 is 19.2 Å². The fourth-order valence-electron chi connectivity index (χ4n) is 2.64. The van der Waals surface area contributed by atoms with Crippen LogP contribution in [-0.2, 0) is 14.3 Å². The Balaban J connectivity index is 1.81. The number of rotatable bonds is 10. The predicted molar refractivity (Wildman–Crippen MR) is 105 cm³/mol. The number of halogens is 2. The third-order valence-electron chi connectivity index (χ3n) is 3.98. The van der Waals surface area contributed by atoms with Crippen molar-refractivity contribution in [2.45, 2.75) is 32.4 Å². The molecule has 1 atom stereocenters. The van der Waals surface area contributed by atoms with Crippen molar-refractivity contribution in [3.05, 3.63) is 71.8 Å². The Hall–Kier alpha value is -3.22. The van der Waals surface area contributed by atoms with Gasteiger partial charge in [0.1, 0.15) is 5.75 Å². The van der Waals surface area contributed by atoms with Crippen molar-refractivity contribution < 1.29 is 27.8 Å². The Morgan fingerprint density at radius 1 is 1.07 bits per heavy atom. The molecule has 1 amide bonds. The molecule has 0 fully saturated rings. The minimum Gasteiger partial charge on any atom is -0.452 e. The van der Waals surface area contributed by atoms with Crippen LogP contribution in [0.4, 0.5) is 8.78 Å². The lowest BCUT2D eigenvalue weighted by Crippen LogP contribution is -2.32. The zero-order chi connectivity index (χ0) is 21.1. The number of alkyl halides is 2. The zero-order valence-corrected chi connectivity index (χ0v) is 16.0. The van der Waals surface area contributed by atoms with Gasteiger partial charge in [0.2, 0.25) is 0 Å². The first-order chi connectivity index (χ1) is 14.0. The number of esters is 1. The minimum atomic E-state index is -2.89. The molecule has 29 heavy (non-hydrogen) atoms. The zero-order valence-electron chi connectivity index (χ0n) is 16.0. The summed E-state index contributed by atoms with van der Waals surface area (Å²) in [5, 5.41) is 2.87. The Bertz CT molecular complexity index is 807. The van der Waals surface area contributed by atoms with Crippen LogP contribution < -0.4 is 10.1 Å². The lowest BCUT2D eigenvalue weighted by atomic mass is 10.0. The van der Waals surface area contributed by atoms with E-state index in [4.69, 9.17) is 4.74 Å². The molecule has 0 spiro atoms. The summed E-state index contributed by atoms with van der Waals surface area (Å²) >= 11 is 0. The molecule has 1 N–H and O–H groups in total. The molecule has 5 nitrogen and oxygen atoms in total. The molecule has 0 unspecified atom stereocenters. The summed E-state index contributed by atoms with van der Waals surface area (Å²) in [5.74, 6) is -1.04. The van der Waals surface area contributed by atoms with E-state index in [1.54, 1.807) is 0 Å². The Morgan fingerprint density at radius 3 is 2.38 bits per heavy atom. The molecular formula is C22H23F2NO4. The molecule has 2 aromatic rings. The van der Waals surface area contributed by atoms with Crippen molar-refractivity contribution in [1.29, 1.82) is 0 Å². The highest BCUT2D eigenvalue weighted by atomic mass is 19.3. The predicted octanol–water partition coefficient (Wildman–Crippen LogP) is 4.50. The fraction of sp³-hybridized carbons (Fsp3) is 0.273. The topological polar surface area (TPSA) is 64.6 Å². The molecular weight excluding hydrogens is 380 g/mol. The Labute approximate surface area is 168 Å². The molecule has 0 aliphatic heterocycles. The van der Waals surface area contributed by atoms with Gasteiger partial charge in [-0.15, -0.1) is 0 Å². The minimum absolute atomic E-state index is 0.0245. The molecule has 2 aromatic carbocycles. The van der Waals surface area contributed by atoms with E-state index in [0.717, 1.165) is 24.5 Å². The number of hydrogen-bond acceptors (Lipinski definition) is 4. The number of benzene rings is 2. The maximum absolute atomic E-state index is 12.1. The van der Waals surface area contributed by atoms with E-state index in [1.807, 2.05) is 37.3 Å². The van der Waals surface area contributed by atoms with Crippen molar-refractivity contribution in [3.8, 4) is 5.75 Å². The SMILES string of the molecule is CCC[C@@H](NC(=O)COC(=O)/C=C/c1ccc(OC(F)F)cc1)c1ccccc1. The smallest absolute Gasteiger partial charge is 0.387 e. The second-order valence-corrected chi connectivity index (χ2v) is 6.21. The van der Waals surface area contributed by atoms with Crippen molar-refractivity contribution in [2.24, 2.45) is 0 Å². The lowest BCUT2D eigenvalue weighted by Gasteiger charge is -2.18. The molecule has 154 valence electrons. The maximum atomic E-state index is 12.1. The van der Waals surface area contributed by atoms with E-state index in [0.29, 0.717) is 5.56 Å². The summed E-state index contributed by atoms with van der Waals surface area (Å²) in [4.78, 5) is 23.9. The second-order valence-electron chi connectivity index (χ2n) is 6.21. The van der Waals surface area contributed by atoms with Gasteiger partial charge >= 0.3 is 12.6 Å². The maximum Gasteiger partial charge on any atom is 0.387 e. The summed E-state index contributed by atoms with van der Waals surface area (Å²) in [6.07, 6.45) is 4.28. The van der Waals surface area contributed by atoms with E-state index in [1.165, 1.54) is 30.3 Å². The number of hydrogen-bond donors (Lipinski definition) is 1. The van der Waals surface area contributed by atoms with Crippen LogP contribution >= 0.6 is 0 Å². The molecule has 0 heterocycles. The van der Waals surface area contributed by atoms with E-state index in [2.05, 4.69) is 10.1 Å². The third kappa shape index (κ3) is 8.13. The highest BCUT2D eigenvalue weighted by Gasteiger charge is 2.14. The highest BCUT2D eigenvalue weighted by Crippen LogP contribution is 2.18. The van der Waals surface area contributed by atoms with Gasteiger partial charge < -0.3 is 14.8 Å². The molecule has 2 rings (SSSR count). The average molecular weight is 403 g/mol. The Morgan fingerprint density at radius 2 is 1.76 bits per heavy atom. The van der Waals surface area contributed by atoms with Gasteiger partial charge in [0.05, 0.1) is 6.04 Å². The van der Waals surface area contributed by atoms with Gasteiger partial charge in [-0.25, -0.2) is 4.79 Å². The van der Waals surface area contributed by atoms with E-state index in [-0.39, 0.29) is 17.7 Å². The fourth-order valence-corrected chi connectivity index (χ4v) is 2.64. The van der Waals surface area contributed by atoms with Crippen molar-refractivity contribution in [2.75, 3.05) is 6.61 Å². The number of nitrogens with one attached hydrogen (secondary N) is 1. The Kier molecular flexibility index (Phi) is 8.82. The van der Waals surface area contributed by atoms with Crippen LogP contribution in [0.25, 0.3) is 6.08 Å². The van der Waals surface area contributed by atoms with Crippen molar-refractivity contribution in [3.63, 3.8) is 0 Å². The highest BCUT2D eigenvalue weighted by molar-refractivity contribution is 5.89. The van der Waals surface area contributed by atoms with Gasteiger partial charge in [0.15, 0.2) is 6.61 Å². The quantitative estimate of drug-likeness (QED) is 0.469. The van der Waals surface area contributed by atoms with Crippen LogP contribution in [0.1, 0.15) is 36.9 Å². The summed E-state index contributed by atoms with van der Waals surface area (Å²) in [5.41, 5.74) is 1.59. The largest absolute Gasteiger partial charge is 0.452 e. The van der Waals surface area contributed by atoms with Crippen molar-refractivity contribution >= 4 is 18.0 Å². The van der Waals surface area contributed by atoms with Gasteiger partial charge in [-0.2, -0.15) is 8.78 Å². The molecule has 0 saturated carbocycles. The number of amides is 1. The van der Waals surface area contributed by atoms with Crippen LogP contribution in [-0.4, -0.2) is 25.1 Å². The number of carbonyl (C=O) groups is 2. The molecule has 0 radical (unpaired) electrons. The normalized spacial score (nSPS) is 12.0. The van der Waals surface area contributed by atoms with Gasteiger partial charge in [-0.05, 0) is 35.8 Å². The van der Waals surface area contributed by atoms with Crippen LogP contribution in [0.5, 0.6) is 5.75 Å². The summed E-state index contributed by atoms with van der Waals surface area (Å²) < 4.78 is 33.4. The third-order valence-corrected chi connectivity index (χ3v) is 3.98. The van der Waals surface area contributed by atoms with E-state index >= 15 is 0 Å². The van der Waals surface area contributed by atoms with Crippen LogP contribution in [0, 0.1) is 0 Å².